The SMILES string of the molecule is COCCCOc1cc(C(=O)N(C[C@@H]2CNC[C@H]2C(c2ccccc2)N(C(=O)c2ccon2)C2CC2)C(C)C)ccc1OC. The Morgan fingerprint density at radius 2 is 1.80 bits per heavy atom. The van der Waals surface area contributed by atoms with Gasteiger partial charge in [-0.25, -0.2) is 0 Å². The monoisotopic (exact) mass is 604 g/mol. The number of methoxy groups -OCH3 is 2. The Balaban J connectivity index is 1.41. The molecule has 2 heterocycles. The van der Waals surface area contributed by atoms with Gasteiger partial charge in [-0.15, -0.1) is 0 Å². The van der Waals surface area contributed by atoms with E-state index in [1.54, 1.807) is 38.5 Å². The van der Waals surface area contributed by atoms with E-state index in [0.29, 0.717) is 42.5 Å². The Bertz CT molecular complexity index is 1360. The summed E-state index contributed by atoms with van der Waals surface area (Å²) in [7, 11) is 3.25. The third kappa shape index (κ3) is 7.25. The van der Waals surface area contributed by atoms with Crippen LogP contribution >= 0.6 is 0 Å². The third-order valence-corrected chi connectivity index (χ3v) is 8.55. The molecule has 1 saturated heterocycles. The van der Waals surface area contributed by atoms with Crippen molar-refractivity contribution in [2.24, 2.45) is 11.8 Å². The molecule has 1 saturated carbocycles. The molecule has 2 amide bonds. The van der Waals surface area contributed by atoms with Crippen molar-refractivity contribution in [1.29, 1.82) is 0 Å². The minimum Gasteiger partial charge on any atom is -0.493 e. The van der Waals surface area contributed by atoms with Gasteiger partial charge in [0.1, 0.15) is 6.26 Å². The van der Waals surface area contributed by atoms with Crippen LogP contribution in [0.15, 0.2) is 65.4 Å². The van der Waals surface area contributed by atoms with Crippen molar-refractivity contribution in [1.82, 2.24) is 20.3 Å². The normalized spacial score (nSPS) is 18.7. The van der Waals surface area contributed by atoms with Crippen LogP contribution in [0.3, 0.4) is 0 Å². The molecule has 1 unspecified atom stereocenters. The van der Waals surface area contributed by atoms with E-state index < -0.39 is 0 Å². The van der Waals surface area contributed by atoms with Crippen LogP contribution in [-0.2, 0) is 4.74 Å². The summed E-state index contributed by atoms with van der Waals surface area (Å²) in [6.45, 7) is 7.16. The molecule has 1 aliphatic heterocycles. The second kappa shape index (κ2) is 14.7. The van der Waals surface area contributed by atoms with Gasteiger partial charge in [-0.2, -0.15) is 0 Å². The second-order valence-corrected chi connectivity index (χ2v) is 11.9. The molecule has 1 N–H and O–H groups in total. The predicted octanol–water partition coefficient (Wildman–Crippen LogP) is 4.83. The minimum absolute atomic E-state index is 0.0385. The number of carbonyl (C=O) groups excluding carboxylic acids is 2. The number of ether oxygens (including phenoxy) is 3. The van der Waals surface area contributed by atoms with E-state index in [4.69, 9.17) is 18.7 Å². The highest BCUT2D eigenvalue weighted by Gasteiger charge is 2.46. The Morgan fingerprint density at radius 1 is 1.00 bits per heavy atom. The topological polar surface area (TPSA) is 106 Å². The fourth-order valence-corrected chi connectivity index (χ4v) is 6.17. The Labute approximate surface area is 259 Å². The van der Waals surface area contributed by atoms with Crippen LogP contribution in [-0.4, -0.2) is 85.9 Å². The number of rotatable bonds is 15. The molecule has 0 spiro atoms. The second-order valence-electron chi connectivity index (χ2n) is 11.9. The fraction of sp³-hybridized carbons (Fsp3) is 0.500. The lowest BCUT2D eigenvalue weighted by molar-refractivity contribution is 0.0481. The van der Waals surface area contributed by atoms with Crippen molar-refractivity contribution in [2.75, 3.05) is 47.1 Å². The number of nitrogens with zero attached hydrogens (tertiary/aromatic N) is 3. The molecule has 5 rings (SSSR count). The molecule has 3 atom stereocenters. The van der Waals surface area contributed by atoms with Crippen molar-refractivity contribution in [3.8, 4) is 11.5 Å². The molecular formula is C34H44N4O6. The van der Waals surface area contributed by atoms with Crippen molar-refractivity contribution in [3.63, 3.8) is 0 Å². The molecule has 236 valence electrons. The minimum atomic E-state index is -0.176. The van der Waals surface area contributed by atoms with Gasteiger partial charge in [0.2, 0.25) is 0 Å². The zero-order chi connectivity index (χ0) is 31.1. The quantitative estimate of drug-likeness (QED) is 0.246. The van der Waals surface area contributed by atoms with Crippen LogP contribution in [0.4, 0.5) is 0 Å². The summed E-state index contributed by atoms with van der Waals surface area (Å²) in [5.74, 6) is 1.13. The van der Waals surface area contributed by atoms with Crippen LogP contribution in [0.1, 0.15) is 65.6 Å². The largest absolute Gasteiger partial charge is 0.493 e. The van der Waals surface area contributed by atoms with Crippen LogP contribution in [0.25, 0.3) is 0 Å². The first kappa shape index (κ1) is 31.5. The highest BCUT2D eigenvalue weighted by molar-refractivity contribution is 5.95. The summed E-state index contributed by atoms with van der Waals surface area (Å²) in [6, 6.07) is 17.2. The molecule has 2 aliphatic rings. The van der Waals surface area contributed by atoms with Gasteiger partial charge in [0.15, 0.2) is 17.2 Å². The number of nitrogens with one attached hydrogen (secondary N) is 1. The van der Waals surface area contributed by atoms with Gasteiger partial charge in [0.05, 0.1) is 19.8 Å². The van der Waals surface area contributed by atoms with Crippen LogP contribution in [0, 0.1) is 11.8 Å². The fourth-order valence-electron chi connectivity index (χ4n) is 6.17. The number of benzene rings is 2. The van der Waals surface area contributed by atoms with Gasteiger partial charge in [-0.05, 0) is 56.4 Å². The van der Waals surface area contributed by atoms with Crippen molar-refractivity contribution >= 4 is 11.8 Å². The summed E-state index contributed by atoms with van der Waals surface area (Å²) in [6.07, 6.45) is 4.09. The van der Waals surface area contributed by atoms with Gasteiger partial charge >= 0.3 is 0 Å². The van der Waals surface area contributed by atoms with E-state index in [0.717, 1.165) is 37.9 Å². The first-order valence-corrected chi connectivity index (χ1v) is 15.5. The molecule has 0 radical (unpaired) electrons. The molecule has 1 aromatic heterocycles. The van der Waals surface area contributed by atoms with Crippen LogP contribution in [0.5, 0.6) is 11.5 Å². The van der Waals surface area contributed by atoms with E-state index in [2.05, 4.69) is 22.6 Å². The molecule has 1 aliphatic carbocycles. The van der Waals surface area contributed by atoms with Gasteiger partial charge in [-0.3, -0.25) is 9.59 Å². The number of hydrogen-bond donors (Lipinski definition) is 1. The lowest BCUT2D eigenvalue weighted by atomic mass is 9.83. The molecular weight excluding hydrogens is 560 g/mol. The Morgan fingerprint density at radius 3 is 2.45 bits per heavy atom. The Hall–Kier alpha value is -3.89. The molecule has 10 heteroatoms. The maximum Gasteiger partial charge on any atom is 0.276 e. The van der Waals surface area contributed by atoms with Crippen LogP contribution in [0.2, 0.25) is 0 Å². The molecule has 0 bridgehead atoms. The number of aromatic nitrogens is 1. The first-order chi connectivity index (χ1) is 21.4. The standard InChI is InChI=1S/C34H44N4O6/c1-23(2)37(33(39)25-11-14-30(42-4)31(19-25)43-17-8-16-41-3)22-26-20-35-21-28(26)32(24-9-6-5-7-10-24)38(27-12-13-27)34(40)29-15-18-44-36-29/h5-7,9-11,14-15,18-19,23,26-28,32,35H,8,12-13,16-17,20-22H2,1-4H3/t26-,28+,32?/m0/s1. The smallest absolute Gasteiger partial charge is 0.276 e. The predicted molar refractivity (Wildman–Crippen MR) is 166 cm³/mol. The van der Waals surface area contributed by atoms with Gasteiger partial charge < -0.3 is 33.9 Å². The highest BCUT2D eigenvalue weighted by Crippen LogP contribution is 2.43. The van der Waals surface area contributed by atoms with Gasteiger partial charge in [0, 0.05) is 69.4 Å². The van der Waals surface area contributed by atoms with Gasteiger partial charge in [0.25, 0.3) is 11.8 Å². The van der Waals surface area contributed by atoms with Crippen molar-refractivity contribution < 1.29 is 28.3 Å². The Kier molecular flexibility index (Phi) is 10.6. The summed E-state index contributed by atoms with van der Waals surface area (Å²) < 4.78 is 21.6. The average molecular weight is 605 g/mol. The molecule has 2 aromatic carbocycles. The highest BCUT2D eigenvalue weighted by atomic mass is 16.5. The number of hydrogen-bond acceptors (Lipinski definition) is 8. The maximum absolute atomic E-state index is 14.1. The van der Waals surface area contributed by atoms with E-state index in [9.17, 15) is 9.59 Å². The van der Waals surface area contributed by atoms with E-state index >= 15 is 0 Å². The molecule has 3 aromatic rings. The third-order valence-electron chi connectivity index (χ3n) is 8.55. The van der Waals surface area contributed by atoms with Crippen molar-refractivity contribution in [3.05, 3.63) is 77.7 Å². The number of carbonyl (C=O) groups is 2. The van der Waals surface area contributed by atoms with E-state index in [-0.39, 0.29) is 41.8 Å². The lowest BCUT2D eigenvalue weighted by Crippen LogP contribution is -2.46. The van der Waals surface area contributed by atoms with E-state index in [1.807, 2.05) is 41.8 Å². The summed E-state index contributed by atoms with van der Waals surface area (Å²) in [4.78, 5) is 31.9. The zero-order valence-corrected chi connectivity index (χ0v) is 26.1. The van der Waals surface area contributed by atoms with Gasteiger partial charge in [-0.1, -0.05) is 35.5 Å². The first-order valence-electron chi connectivity index (χ1n) is 15.5. The maximum atomic E-state index is 14.1. The average Bonchev–Trinajstić information content (AvgIpc) is 3.51. The number of amides is 2. The zero-order valence-electron chi connectivity index (χ0n) is 26.1. The van der Waals surface area contributed by atoms with Crippen molar-refractivity contribution in [2.45, 2.75) is 51.2 Å². The lowest BCUT2D eigenvalue weighted by Gasteiger charge is -2.40. The van der Waals surface area contributed by atoms with E-state index in [1.165, 1.54) is 6.26 Å². The molecule has 2 fully saturated rings. The molecule has 44 heavy (non-hydrogen) atoms. The van der Waals surface area contributed by atoms with Crippen LogP contribution < -0.4 is 14.8 Å². The molecule has 10 nitrogen and oxygen atoms in total. The summed E-state index contributed by atoms with van der Waals surface area (Å²) in [5, 5.41) is 7.57. The summed E-state index contributed by atoms with van der Waals surface area (Å²) >= 11 is 0. The summed E-state index contributed by atoms with van der Waals surface area (Å²) in [5.41, 5.74) is 1.95.